The summed E-state index contributed by atoms with van der Waals surface area (Å²) in [5.74, 6) is 1.33. The van der Waals surface area contributed by atoms with Crippen molar-refractivity contribution >= 4 is 5.97 Å². The minimum absolute atomic E-state index is 0.314. The molecule has 0 aliphatic heterocycles. The van der Waals surface area contributed by atoms with Crippen LogP contribution in [0.2, 0.25) is 0 Å². The molecule has 2 atom stereocenters. The summed E-state index contributed by atoms with van der Waals surface area (Å²) in [5, 5.41) is 0. The van der Waals surface area contributed by atoms with Crippen molar-refractivity contribution < 1.29 is 9.53 Å². The maximum Gasteiger partial charge on any atom is 0.335 e. The van der Waals surface area contributed by atoms with Crippen LogP contribution in [0.1, 0.15) is 111 Å². The molecule has 0 amide bonds. The Bertz CT molecular complexity index is 887. The molecule has 2 rings (SSSR count). The Morgan fingerprint density at radius 2 is 1.31 bits per heavy atom. The summed E-state index contributed by atoms with van der Waals surface area (Å²) in [7, 11) is 0. The standard InChI is InChI=1S/C17H24O2.C16H26/c1-6-13(12-17(3,4)5)14-8-10-15(11-9-14)19-16(18)7-2;1-15(2,3)12-14(16(4,5)6)13-10-8-7-9-11-13/h7-11,13H,2,6,12H2,1,3-5H3;7-11,14H,12H2,1-6H3. The SMILES string of the molecule is C=CC(=O)Oc1ccc(C(CC)CC(C)(C)C)cc1.CC(C)(C)CC(c1ccccc1)C(C)(C)C. The molecule has 2 aromatic rings. The Labute approximate surface area is 216 Å². The maximum absolute atomic E-state index is 11.1. The molecule has 0 saturated carbocycles. The highest BCUT2D eigenvalue weighted by Crippen LogP contribution is 2.42. The van der Waals surface area contributed by atoms with Crippen molar-refractivity contribution in [2.24, 2.45) is 16.2 Å². The Morgan fingerprint density at radius 3 is 1.71 bits per heavy atom. The third-order valence-corrected chi connectivity index (χ3v) is 6.15. The predicted molar refractivity (Wildman–Crippen MR) is 152 cm³/mol. The summed E-state index contributed by atoms with van der Waals surface area (Å²) < 4.78 is 5.08. The van der Waals surface area contributed by atoms with E-state index in [4.69, 9.17) is 4.74 Å². The molecule has 0 fully saturated rings. The van der Waals surface area contributed by atoms with Crippen LogP contribution in [0.25, 0.3) is 0 Å². The number of ether oxygens (including phenoxy) is 1. The zero-order valence-electron chi connectivity index (χ0n) is 24.1. The lowest BCUT2D eigenvalue weighted by atomic mass is 9.69. The van der Waals surface area contributed by atoms with E-state index in [9.17, 15) is 4.79 Å². The Kier molecular flexibility index (Phi) is 11.5. The first-order chi connectivity index (χ1) is 16.1. The van der Waals surface area contributed by atoms with Crippen molar-refractivity contribution in [3.8, 4) is 5.75 Å². The van der Waals surface area contributed by atoms with Crippen molar-refractivity contribution in [2.75, 3.05) is 0 Å². The number of hydrogen-bond acceptors (Lipinski definition) is 2. The fraction of sp³-hybridized carbons (Fsp3) is 0.545. The first-order valence-corrected chi connectivity index (χ1v) is 13.0. The zero-order valence-corrected chi connectivity index (χ0v) is 24.1. The quantitative estimate of drug-likeness (QED) is 0.225. The third-order valence-electron chi connectivity index (χ3n) is 6.15. The van der Waals surface area contributed by atoms with Crippen LogP contribution in [0, 0.1) is 16.2 Å². The van der Waals surface area contributed by atoms with Crippen LogP contribution < -0.4 is 4.74 Å². The molecular formula is C33H50O2. The Balaban J connectivity index is 0.000000355. The molecule has 0 aliphatic rings. The molecule has 0 aliphatic carbocycles. The minimum Gasteiger partial charge on any atom is -0.423 e. The van der Waals surface area contributed by atoms with E-state index in [1.54, 1.807) is 0 Å². The summed E-state index contributed by atoms with van der Waals surface area (Å²) >= 11 is 0. The fourth-order valence-electron chi connectivity index (χ4n) is 4.42. The number of benzene rings is 2. The molecule has 0 saturated heterocycles. The summed E-state index contributed by atoms with van der Waals surface area (Å²) in [4.78, 5) is 11.1. The van der Waals surface area contributed by atoms with Gasteiger partial charge in [0.25, 0.3) is 0 Å². The van der Waals surface area contributed by atoms with Gasteiger partial charge < -0.3 is 4.74 Å². The van der Waals surface area contributed by atoms with Gasteiger partial charge in [-0.2, -0.15) is 0 Å². The second-order valence-corrected chi connectivity index (χ2v) is 13.2. The van der Waals surface area contributed by atoms with Crippen LogP contribution in [0.4, 0.5) is 0 Å². The first-order valence-electron chi connectivity index (χ1n) is 13.0. The Hall–Kier alpha value is -2.35. The smallest absolute Gasteiger partial charge is 0.335 e. The molecule has 194 valence electrons. The van der Waals surface area contributed by atoms with E-state index < -0.39 is 5.97 Å². The maximum atomic E-state index is 11.1. The molecule has 2 heteroatoms. The third kappa shape index (κ3) is 12.3. The lowest BCUT2D eigenvalue weighted by molar-refractivity contribution is -0.128. The normalized spacial score (nSPS) is 13.8. The van der Waals surface area contributed by atoms with E-state index in [-0.39, 0.29) is 0 Å². The minimum atomic E-state index is -0.422. The predicted octanol–water partition coefficient (Wildman–Crippen LogP) is 9.96. The number of carbonyl (C=O) groups excluding carboxylic acids is 1. The number of carbonyl (C=O) groups is 1. The fourth-order valence-corrected chi connectivity index (χ4v) is 4.42. The molecular weight excluding hydrogens is 428 g/mol. The highest BCUT2D eigenvalue weighted by molar-refractivity contribution is 5.83. The topological polar surface area (TPSA) is 26.3 Å². The van der Waals surface area contributed by atoms with Crippen LogP contribution in [0.3, 0.4) is 0 Å². The highest BCUT2D eigenvalue weighted by atomic mass is 16.5. The van der Waals surface area contributed by atoms with Crippen LogP contribution in [0.15, 0.2) is 67.3 Å². The van der Waals surface area contributed by atoms with E-state index >= 15 is 0 Å². The Morgan fingerprint density at radius 1 is 0.800 bits per heavy atom. The molecule has 0 radical (unpaired) electrons. The van der Waals surface area contributed by atoms with E-state index in [0.29, 0.717) is 33.8 Å². The van der Waals surface area contributed by atoms with Crippen molar-refractivity contribution in [3.63, 3.8) is 0 Å². The van der Waals surface area contributed by atoms with Gasteiger partial charge in [-0.15, -0.1) is 0 Å². The van der Waals surface area contributed by atoms with Gasteiger partial charge in [0.15, 0.2) is 0 Å². The lowest BCUT2D eigenvalue weighted by Gasteiger charge is -2.36. The van der Waals surface area contributed by atoms with Gasteiger partial charge in [0, 0.05) is 6.08 Å². The zero-order chi connectivity index (χ0) is 26.9. The van der Waals surface area contributed by atoms with E-state index in [0.717, 1.165) is 12.8 Å². The largest absolute Gasteiger partial charge is 0.423 e. The van der Waals surface area contributed by atoms with Crippen molar-refractivity contribution in [2.45, 2.75) is 100 Å². The van der Waals surface area contributed by atoms with E-state index in [2.05, 4.69) is 106 Å². The molecule has 0 N–H and O–H groups in total. The molecule has 2 nitrogen and oxygen atoms in total. The average molecular weight is 479 g/mol. The first kappa shape index (κ1) is 30.7. The van der Waals surface area contributed by atoms with Crippen LogP contribution in [-0.4, -0.2) is 5.97 Å². The van der Waals surface area contributed by atoms with Crippen molar-refractivity contribution in [3.05, 3.63) is 78.4 Å². The summed E-state index contributed by atoms with van der Waals surface area (Å²) in [5.41, 5.74) is 3.80. The number of hydrogen-bond donors (Lipinski definition) is 0. The van der Waals surface area contributed by atoms with E-state index in [1.165, 1.54) is 23.6 Å². The molecule has 2 unspecified atom stereocenters. The van der Waals surface area contributed by atoms with Crippen molar-refractivity contribution in [1.82, 2.24) is 0 Å². The van der Waals surface area contributed by atoms with Gasteiger partial charge in [-0.05, 0) is 70.6 Å². The van der Waals surface area contributed by atoms with Gasteiger partial charge in [0.2, 0.25) is 0 Å². The van der Waals surface area contributed by atoms with Gasteiger partial charge in [-0.25, -0.2) is 4.79 Å². The number of rotatable bonds is 7. The molecule has 0 aromatic heterocycles. The monoisotopic (exact) mass is 478 g/mol. The molecule has 2 aromatic carbocycles. The number of esters is 1. The van der Waals surface area contributed by atoms with Gasteiger partial charge >= 0.3 is 5.97 Å². The molecule has 0 spiro atoms. The summed E-state index contributed by atoms with van der Waals surface area (Å²) in [6.07, 6.45) is 4.67. The second-order valence-electron chi connectivity index (χ2n) is 13.2. The molecule has 0 bridgehead atoms. The lowest BCUT2D eigenvalue weighted by Crippen LogP contribution is -2.23. The van der Waals surface area contributed by atoms with Gasteiger partial charge in [0.05, 0.1) is 0 Å². The summed E-state index contributed by atoms with van der Waals surface area (Å²) in [6, 6.07) is 18.7. The molecule has 0 heterocycles. The van der Waals surface area contributed by atoms with E-state index in [1.807, 2.05) is 24.3 Å². The van der Waals surface area contributed by atoms with Gasteiger partial charge in [0.1, 0.15) is 5.75 Å². The molecule has 35 heavy (non-hydrogen) atoms. The van der Waals surface area contributed by atoms with Gasteiger partial charge in [-0.3, -0.25) is 0 Å². The highest BCUT2D eigenvalue weighted by Gasteiger charge is 2.30. The van der Waals surface area contributed by atoms with Crippen LogP contribution in [0.5, 0.6) is 5.75 Å². The second kappa shape index (κ2) is 13.1. The van der Waals surface area contributed by atoms with Crippen LogP contribution >= 0.6 is 0 Å². The van der Waals surface area contributed by atoms with Crippen molar-refractivity contribution in [1.29, 1.82) is 0 Å². The average Bonchev–Trinajstić information content (AvgIpc) is 2.75. The van der Waals surface area contributed by atoms with Gasteiger partial charge in [-0.1, -0.05) is 118 Å². The summed E-state index contributed by atoms with van der Waals surface area (Å²) in [6.45, 7) is 26.4. The van der Waals surface area contributed by atoms with Crippen LogP contribution in [-0.2, 0) is 4.79 Å².